The Morgan fingerprint density at radius 1 is 1.08 bits per heavy atom. The van der Waals surface area contributed by atoms with E-state index in [1.54, 1.807) is 24.3 Å². The maximum absolute atomic E-state index is 12.1. The van der Waals surface area contributed by atoms with E-state index >= 15 is 0 Å². The van der Waals surface area contributed by atoms with E-state index in [9.17, 15) is 18.4 Å². The number of Topliss-reactive ketones (excluding diaryl/α,β-unsaturated/α-hetero) is 1. The zero-order valence-electron chi connectivity index (χ0n) is 12.7. The molecule has 128 valence electrons. The molecule has 0 amide bonds. The van der Waals surface area contributed by atoms with Gasteiger partial charge in [0, 0.05) is 10.9 Å². The highest BCUT2D eigenvalue weighted by atomic mass is 19.3. The molecular weight excluding hydrogens is 334 g/mol. The molecule has 1 heterocycles. The van der Waals surface area contributed by atoms with Crippen molar-refractivity contribution < 1.29 is 27.8 Å². The van der Waals surface area contributed by atoms with Gasteiger partial charge in [0.1, 0.15) is 5.75 Å². The molecule has 0 aliphatic carbocycles. The smallest absolute Gasteiger partial charge is 0.387 e. The number of ketones is 1. The van der Waals surface area contributed by atoms with Crippen LogP contribution < -0.4 is 4.74 Å². The van der Waals surface area contributed by atoms with Gasteiger partial charge in [0.15, 0.2) is 18.1 Å². The third kappa shape index (κ3) is 3.79. The van der Waals surface area contributed by atoms with E-state index in [2.05, 4.69) is 14.9 Å². The van der Waals surface area contributed by atoms with Crippen LogP contribution >= 0.6 is 0 Å². The molecule has 0 radical (unpaired) electrons. The van der Waals surface area contributed by atoms with Crippen molar-refractivity contribution in [3.63, 3.8) is 0 Å². The number of benzene rings is 2. The van der Waals surface area contributed by atoms with Gasteiger partial charge in [-0.3, -0.25) is 9.89 Å². The molecule has 0 aliphatic heterocycles. The van der Waals surface area contributed by atoms with Gasteiger partial charge in [0.05, 0.1) is 5.52 Å². The molecule has 1 N–H and O–H groups in total. The van der Waals surface area contributed by atoms with Crippen molar-refractivity contribution >= 4 is 22.7 Å². The average molecular weight is 346 g/mol. The fourth-order valence-corrected chi connectivity index (χ4v) is 2.22. The molecule has 25 heavy (non-hydrogen) atoms. The number of alkyl halides is 2. The number of hydrogen-bond acceptors (Lipinski definition) is 5. The summed E-state index contributed by atoms with van der Waals surface area (Å²) in [6.45, 7) is -3.43. The Morgan fingerprint density at radius 3 is 2.52 bits per heavy atom. The highest BCUT2D eigenvalue weighted by Gasteiger charge is 2.17. The minimum Gasteiger partial charge on any atom is -0.452 e. The van der Waals surface area contributed by atoms with Crippen LogP contribution in [0.3, 0.4) is 0 Å². The number of nitrogens with zero attached hydrogens (tertiary/aromatic N) is 1. The SMILES string of the molecule is O=C(COC(=O)c1n[nH]c2ccccc12)c1ccc(OC(F)F)cc1. The molecule has 0 saturated carbocycles. The van der Waals surface area contributed by atoms with Crippen LogP contribution in [0.25, 0.3) is 10.9 Å². The molecule has 0 unspecified atom stereocenters. The molecule has 6 nitrogen and oxygen atoms in total. The van der Waals surface area contributed by atoms with Crippen molar-refractivity contribution in [2.24, 2.45) is 0 Å². The predicted molar refractivity (Wildman–Crippen MR) is 83.8 cm³/mol. The van der Waals surface area contributed by atoms with Crippen molar-refractivity contribution in [2.75, 3.05) is 6.61 Å². The third-order valence-electron chi connectivity index (χ3n) is 3.40. The number of aromatic amines is 1. The van der Waals surface area contributed by atoms with Gasteiger partial charge in [-0.15, -0.1) is 0 Å². The second kappa shape index (κ2) is 7.08. The topological polar surface area (TPSA) is 81.3 Å². The first-order chi connectivity index (χ1) is 12.0. The monoisotopic (exact) mass is 346 g/mol. The highest BCUT2D eigenvalue weighted by molar-refractivity contribution is 6.03. The summed E-state index contributed by atoms with van der Waals surface area (Å²) >= 11 is 0. The molecule has 0 fully saturated rings. The van der Waals surface area contributed by atoms with Gasteiger partial charge in [-0.2, -0.15) is 13.9 Å². The van der Waals surface area contributed by atoms with Crippen LogP contribution in [-0.4, -0.2) is 35.2 Å². The molecule has 8 heteroatoms. The standard InChI is InChI=1S/C17H12F2N2O4/c18-17(19)25-11-7-5-10(6-8-11)14(22)9-24-16(23)15-12-3-1-2-4-13(12)20-21-15/h1-8,17H,9H2,(H,20,21). The molecule has 2 aromatic carbocycles. The van der Waals surface area contributed by atoms with Crippen molar-refractivity contribution in [2.45, 2.75) is 6.61 Å². The van der Waals surface area contributed by atoms with Crippen LogP contribution in [-0.2, 0) is 4.74 Å². The van der Waals surface area contributed by atoms with E-state index in [4.69, 9.17) is 4.74 Å². The van der Waals surface area contributed by atoms with Gasteiger partial charge in [-0.1, -0.05) is 18.2 Å². The molecule has 3 rings (SSSR count). The van der Waals surface area contributed by atoms with E-state index in [0.717, 1.165) is 0 Å². The maximum Gasteiger partial charge on any atom is 0.387 e. The molecule has 0 saturated heterocycles. The number of hydrogen-bond donors (Lipinski definition) is 1. The number of esters is 1. The summed E-state index contributed by atoms with van der Waals surface area (Å²) in [5, 5.41) is 7.18. The summed E-state index contributed by atoms with van der Waals surface area (Å²) in [7, 11) is 0. The Morgan fingerprint density at radius 2 is 1.80 bits per heavy atom. The number of nitrogens with one attached hydrogen (secondary N) is 1. The summed E-state index contributed by atoms with van der Waals surface area (Å²) in [4.78, 5) is 24.1. The summed E-state index contributed by atoms with van der Waals surface area (Å²) in [6.07, 6.45) is 0. The highest BCUT2D eigenvalue weighted by Crippen LogP contribution is 2.17. The van der Waals surface area contributed by atoms with E-state index in [-0.39, 0.29) is 17.0 Å². The molecular formula is C17H12F2N2O4. The first-order valence-electron chi connectivity index (χ1n) is 7.23. The number of carbonyl (C=O) groups excluding carboxylic acids is 2. The molecule has 0 spiro atoms. The fourth-order valence-electron chi connectivity index (χ4n) is 2.22. The van der Waals surface area contributed by atoms with Crippen LogP contribution in [0.4, 0.5) is 8.78 Å². The average Bonchev–Trinajstić information content (AvgIpc) is 3.03. The van der Waals surface area contributed by atoms with Crippen molar-refractivity contribution in [3.8, 4) is 5.75 Å². The molecule has 3 aromatic rings. The summed E-state index contributed by atoms with van der Waals surface area (Å²) < 4.78 is 33.3. The number of halogens is 2. The lowest BCUT2D eigenvalue weighted by molar-refractivity contribution is -0.0498. The van der Waals surface area contributed by atoms with Gasteiger partial charge in [0.2, 0.25) is 0 Å². The predicted octanol–water partition coefficient (Wildman–Crippen LogP) is 3.20. The summed E-state index contributed by atoms with van der Waals surface area (Å²) in [6, 6.07) is 12.1. The van der Waals surface area contributed by atoms with E-state index in [0.29, 0.717) is 10.9 Å². The van der Waals surface area contributed by atoms with Gasteiger partial charge in [-0.25, -0.2) is 4.79 Å². The number of rotatable bonds is 6. The van der Waals surface area contributed by atoms with Crippen LogP contribution in [0.1, 0.15) is 20.8 Å². The van der Waals surface area contributed by atoms with Gasteiger partial charge < -0.3 is 9.47 Å². The normalized spacial score (nSPS) is 10.8. The fraction of sp³-hybridized carbons (Fsp3) is 0.118. The van der Waals surface area contributed by atoms with E-state index < -0.39 is 25.0 Å². The molecule has 1 aromatic heterocycles. The number of para-hydroxylation sites is 1. The number of aromatic nitrogens is 2. The first-order valence-corrected chi connectivity index (χ1v) is 7.23. The molecule has 0 atom stereocenters. The van der Waals surface area contributed by atoms with Crippen LogP contribution in [0.5, 0.6) is 5.75 Å². The largest absolute Gasteiger partial charge is 0.452 e. The molecule has 0 bridgehead atoms. The Balaban J connectivity index is 1.63. The minimum atomic E-state index is -2.94. The zero-order valence-corrected chi connectivity index (χ0v) is 12.7. The second-order valence-corrected chi connectivity index (χ2v) is 5.02. The molecule has 0 aliphatic rings. The second-order valence-electron chi connectivity index (χ2n) is 5.02. The third-order valence-corrected chi connectivity index (χ3v) is 3.40. The lowest BCUT2D eigenvalue weighted by atomic mass is 10.1. The Kier molecular flexibility index (Phi) is 4.69. The van der Waals surface area contributed by atoms with Crippen LogP contribution in [0.2, 0.25) is 0 Å². The van der Waals surface area contributed by atoms with Crippen LogP contribution in [0.15, 0.2) is 48.5 Å². The first kappa shape index (κ1) is 16.6. The quantitative estimate of drug-likeness (QED) is 0.547. The lowest BCUT2D eigenvalue weighted by Gasteiger charge is -2.06. The number of fused-ring (bicyclic) bond motifs is 1. The van der Waals surface area contributed by atoms with Gasteiger partial charge in [-0.05, 0) is 30.3 Å². The summed E-state index contributed by atoms with van der Waals surface area (Å²) in [5.41, 5.74) is 0.973. The minimum absolute atomic E-state index is 0.0634. The number of carbonyl (C=O) groups is 2. The number of H-pyrrole nitrogens is 1. The van der Waals surface area contributed by atoms with Gasteiger partial charge in [0.25, 0.3) is 0 Å². The van der Waals surface area contributed by atoms with E-state index in [1.807, 2.05) is 0 Å². The zero-order chi connectivity index (χ0) is 17.8. The van der Waals surface area contributed by atoms with E-state index in [1.165, 1.54) is 24.3 Å². The van der Waals surface area contributed by atoms with Crippen molar-refractivity contribution in [3.05, 3.63) is 59.8 Å². The van der Waals surface area contributed by atoms with Gasteiger partial charge >= 0.3 is 12.6 Å². The summed E-state index contributed by atoms with van der Waals surface area (Å²) in [5.74, 6) is -1.27. The number of ether oxygens (including phenoxy) is 2. The Bertz CT molecular complexity index is 906. The van der Waals surface area contributed by atoms with Crippen molar-refractivity contribution in [1.82, 2.24) is 10.2 Å². The van der Waals surface area contributed by atoms with Crippen molar-refractivity contribution in [1.29, 1.82) is 0 Å². The maximum atomic E-state index is 12.1. The Hall–Kier alpha value is -3.29. The lowest BCUT2D eigenvalue weighted by Crippen LogP contribution is -2.15. The Labute approximate surface area is 140 Å². The van der Waals surface area contributed by atoms with Crippen LogP contribution in [0, 0.1) is 0 Å².